The van der Waals surface area contributed by atoms with E-state index in [2.05, 4.69) is 10.6 Å². The molecule has 0 aromatic heterocycles. The largest absolute Gasteiger partial charge is 0.325 e. The Bertz CT molecular complexity index is 653. The van der Waals surface area contributed by atoms with E-state index in [9.17, 15) is 9.59 Å². The number of nitrogens with one attached hydrogen (secondary N) is 2. The number of amides is 1. The zero-order valence-electron chi connectivity index (χ0n) is 12.8. The molecule has 2 rings (SSSR count). The van der Waals surface area contributed by atoms with Crippen molar-refractivity contribution in [2.45, 2.75) is 19.9 Å². The molecule has 2 aromatic carbocycles. The summed E-state index contributed by atoms with van der Waals surface area (Å²) in [6.45, 7) is 3.73. The standard InChI is InChI=1S/C18H20N2O2/c1-13(15-7-4-3-5-8-15)19-12-18(22)20-17-10-6-9-16(11-17)14(2)21/h3-11,13,19H,12H2,1-2H3,(H,20,22)/t13-/m1/s1. The van der Waals surface area contributed by atoms with Crippen molar-refractivity contribution in [2.75, 3.05) is 11.9 Å². The summed E-state index contributed by atoms with van der Waals surface area (Å²) < 4.78 is 0. The highest BCUT2D eigenvalue weighted by molar-refractivity contribution is 5.97. The van der Waals surface area contributed by atoms with Gasteiger partial charge in [-0.3, -0.25) is 9.59 Å². The van der Waals surface area contributed by atoms with Crippen molar-refractivity contribution < 1.29 is 9.59 Å². The van der Waals surface area contributed by atoms with Crippen LogP contribution in [0.3, 0.4) is 0 Å². The quantitative estimate of drug-likeness (QED) is 0.805. The summed E-state index contributed by atoms with van der Waals surface area (Å²) in [5.74, 6) is -0.157. The van der Waals surface area contributed by atoms with Crippen molar-refractivity contribution >= 4 is 17.4 Å². The highest BCUT2D eigenvalue weighted by Crippen LogP contribution is 2.12. The third-order valence-electron chi connectivity index (χ3n) is 3.42. The molecule has 0 spiro atoms. The second kappa shape index (κ2) is 7.52. The van der Waals surface area contributed by atoms with Crippen molar-refractivity contribution in [1.29, 1.82) is 0 Å². The average molecular weight is 296 g/mol. The first-order valence-corrected chi connectivity index (χ1v) is 7.25. The van der Waals surface area contributed by atoms with Gasteiger partial charge in [0.2, 0.25) is 5.91 Å². The van der Waals surface area contributed by atoms with Gasteiger partial charge in [-0.2, -0.15) is 0 Å². The number of carbonyl (C=O) groups excluding carboxylic acids is 2. The highest BCUT2D eigenvalue weighted by atomic mass is 16.2. The number of ketones is 1. The van der Waals surface area contributed by atoms with Gasteiger partial charge in [-0.25, -0.2) is 0 Å². The van der Waals surface area contributed by atoms with Crippen molar-refractivity contribution in [1.82, 2.24) is 5.32 Å². The molecule has 0 radical (unpaired) electrons. The van der Waals surface area contributed by atoms with E-state index >= 15 is 0 Å². The van der Waals surface area contributed by atoms with Gasteiger partial charge in [0, 0.05) is 17.3 Å². The fraction of sp³-hybridized carbons (Fsp3) is 0.222. The fourth-order valence-electron chi connectivity index (χ4n) is 2.13. The predicted octanol–water partition coefficient (Wildman–Crippen LogP) is 3.18. The second-order valence-electron chi connectivity index (χ2n) is 5.20. The molecule has 0 fully saturated rings. The minimum absolute atomic E-state index is 0.0214. The van der Waals surface area contributed by atoms with Gasteiger partial charge in [-0.1, -0.05) is 42.5 Å². The van der Waals surface area contributed by atoms with Crippen LogP contribution >= 0.6 is 0 Å². The first kappa shape index (κ1) is 15.9. The van der Waals surface area contributed by atoms with Crippen molar-refractivity contribution in [3.8, 4) is 0 Å². The monoisotopic (exact) mass is 296 g/mol. The number of benzene rings is 2. The molecule has 4 nitrogen and oxygen atoms in total. The molecule has 4 heteroatoms. The SMILES string of the molecule is CC(=O)c1cccc(NC(=O)CN[C@H](C)c2ccccc2)c1. The van der Waals surface area contributed by atoms with Gasteiger partial charge >= 0.3 is 0 Å². The number of rotatable bonds is 6. The lowest BCUT2D eigenvalue weighted by Gasteiger charge is -2.14. The van der Waals surface area contributed by atoms with Crippen molar-refractivity contribution in [2.24, 2.45) is 0 Å². The molecular formula is C18H20N2O2. The zero-order chi connectivity index (χ0) is 15.9. The molecule has 0 bridgehead atoms. The molecule has 1 amide bonds. The molecule has 0 saturated carbocycles. The molecule has 0 unspecified atom stereocenters. The topological polar surface area (TPSA) is 58.2 Å². The van der Waals surface area contributed by atoms with E-state index in [1.165, 1.54) is 6.92 Å². The maximum absolute atomic E-state index is 12.0. The summed E-state index contributed by atoms with van der Waals surface area (Å²) in [6.07, 6.45) is 0. The summed E-state index contributed by atoms with van der Waals surface area (Å²) in [5.41, 5.74) is 2.35. The van der Waals surface area contributed by atoms with Crippen molar-refractivity contribution in [3.63, 3.8) is 0 Å². The van der Waals surface area contributed by atoms with Gasteiger partial charge in [-0.15, -0.1) is 0 Å². The molecule has 2 N–H and O–H groups in total. The second-order valence-corrected chi connectivity index (χ2v) is 5.20. The van der Waals surface area contributed by atoms with E-state index in [0.717, 1.165) is 5.56 Å². The third-order valence-corrected chi connectivity index (χ3v) is 3.42. The maximum atomic E-state index is 12.0. The van der Waals surface area contributed by atoms with E-state index in [0.29, 0.717) is 11.3 Å². The Balaban J connectivity index is 1.88. The van der Waals surface area contributed by atoms with Gasteiger partial charge in [0.05, 0.1) is 6.54 Å². The van der Waals surface area contributed by atoms with E-state index in [-0.39, 0.29) is 24.3 Å². The van der Waals surface area contributed by atoms with E-state index in [1.807, 2.05) is 37.3 Å². The summed E-state index contributed by atoms with van der Waals surface area (Å²) in [6, 6.07) is 17.0. The lowest BCUT2D eigenvalue weighted by Crippen LogP contribution is -2.30. The van der Waals surface area contributed by atoms with Crippen LogP contribution in [0.15, 0.2) is 54.6 Å². The molecule has 0 aliphatic carbocycles. The molecule has 114 valence electrons. The van der Waals surface area contributed by atoms with Crippen LogP contribution in [0, 0.1) is 0 Å². The molecule has 0 heterocycles. The molecule has 0 aliphatic rings. The van der Waals surface area contributed by atoms with E-state index < -0.39 is 0 Å². The normalized spacial score (nSPS) is 11.7. The first-order valence-electron chi connectivity index (χ1n) is 7.25. The fourth-order valence-corrected chi connectivity index (χ4v) is 2.13. The van der Waals surface area contributed by atoms with Gasteiger partial charge < -0.3 is 10.6 Å². The predicted molar refractivity (Wildman–Crippen MR) is 87.9 cm³/mol. The van der Waals surface area contributed by atoms with Crippen LogP contribution in [-0.4, -0.2) is 18.2 Å². The Morgan fingerprint density at radius 2 is 1.77 bits per heavy atom. The smallest absolute Gasteiger partial charge is 0.238 e. The zero-order valence-corrected chi connectivity index (χ0v) is 12.8. The van der Waals surface area contributed by atoms with Crippen LogP contribution in [0.2, 0.25) is 0 Å². The number of Topliss-reactive ketones (excluding diaryl/α,β-unsaturated/α-hetero) is 1. The van der Waals surface area contributed by atoms with Crippen LogP contribution in [0.5, 0.6) is 0 Å². The van der Waals surface area contributed by atoms with E-state index in [4.69, 9.17) is 0 Å². The Labute approximate surface area is 130 Å². The van der Waals surface area contributed by atoms with Crippen LogP contribution in [-0.2, 0) is 4.79 Å². The summed E-state index contributed by atoms with van der Waals surface area (Å²) in [4.78, 5) is 23.3. The Morgan fingerprint density at radius 3 is 2.45 bits per heavy atom. The third kappa shape index (κ3) is 4.53. The molecule has 2 aromatic rings. The molecular weight excluding hydrogens is 276 g/mol. The van der Waals surface area contributed by atoms with Crippen molar-refractivity contribution in [3.05, 3.63) is 65.7 Å². The number of hydrogen-bond acceptors (Lipinski definition) is 3. The summed E-state index contributed by atoms with van der Waals surface area (Å²) in [5, 5.41) is 5.97. The Kier molecular flexibility index (Phi) is 5.44. The number of anilines is 1. The minimum Gasteiger partial charge on any atom is -0.325 e. The minimum atomic E-state index is -0.136. The van der Waals surface area contributed by atoms with Gasteiger partial charge in [0.15, 0.2) is 5.78 Å². The summed E-state index contributed by atoms with van der Waals surface area (Å²) >= 11 is 0. The molecule has 1 atom stereocenters. The van der Waals surface area contributed by atoms with Crippen LogP contribution in [0.1, 0.15) is 35.8 Å². The van der Waals surface area contributed by atoms with Gasteiger partial charge in [-0.05, 0) is 31.5 Å². The maximum Gasteiger partial charge on any atom is 0.238 e. The van der Waals surface area contributed by atoms with E-state index in [1.54, 1.807) is 24.3 Å². The molecule has 0 aliphatic heterocycles. The van der Waals surface area contributed by atoms with Gasteiger partial charge in [0.25, 0.3) is 0 Å². The lowest BCUT2D eigenvalue weighted by atomic mass is 10.1. The van der Waals surface area contributed by atoms with Crippen LogP contribution < -0.4 is 10.6 Å². The Hall–Kier alpha value is -2.46. The first-order chi connectivity index (χ1) is 10.6. The van der Waals surface area contributed by atoms with Crippen LogP contribution in [0.25, 0.3) is 0 Å². The Morgan fingerprint density at radius 1 is 1.05 bits per heavy atom. The number of hydrogen-bond donors (Lipinski definition) is 2. The summed E-state index contributed by atoms with van der Waals surface area (Å²) in [7, 11) is 0. The highest BCUT2D eigenvalue weighted by Gasteiger charge is 2.08. The molecule has 22 heavy (non-hydrogen) atoms. The van der Waals surface area contributed by atoms with Gasteiger partial charge in [0.1, 0.15) is 0 Å². The average Bonchev–Trinajstić information content (AvgIpc) is 2.53. The lowest BCUT2D eigenvalue weighted by molar-refractivity contribution is -0.115. The van der Waals surface area contributed by atoms with Crippen LogP contribution in [0.4, 0.5) is 5.69 Å². The molecule has 0 saturated heterocycles. The number of carbonyl (C=O) groups is 2.